The number of pyridine rings is 1. The lowest BCUT2D eigenvalue weighted by Crippen LogP contribution is -2.49. The van der Waals surface area contributed by atoms with Gasteiger partial charge in [0.15, 0.2) is 0 Å². The molecule has 8 nitrogen and oxygen atoms in total. The van der Waals surface area contributed by atoms with E-state index in [2.05, 4.69) is 10.3 Å². The fourth-order valence-electron chi connectivity index (χ4n) is 5.82. The van der Waals surface area contributed by atoms with Crippen LogP contribution < -0.4 is 11.1 Å². The molecule has 1 aliphatic heterocycles. The molecule has 1 aromatic heterocycles. The molecule has 4 rings (SSSR count). The summed E-state index contributed by atoms with van der Waals surface area (Å²) >= 11 is 0. The number of carbonyl (C=O) groups excluding carboxylic acids is 1. The van der Waals surface area contributed by atoms with E-state index in [4.69, 9.17) is 10.8 Å². The number of nitrogens with two attached hydrogens (primary N) is 1. The van der Waals surface area contributed by atoms with Crippen LogP contribution in [0.1, 0.15) is 50.5 Å². The first-order chi connectivity index (χ1) is 16.9. The second-order valence-corrected chi connectivity index (χ2v) is 9.93. The molecule has 5 N–H and O–H groups in total. The van der Waals surface area contributed by atoms with E-state index < -0.39 is 11.7 Å². The topological polar surface area (TPSA) is 129 Å². The molecule has 188 valence electrons. The Morgan fingerprint density at radius 1 is 1.14 bits per heavy atom. The van der Waals surface area contributed by atoms with Crippen molar-refractivity contribution in [2.45, 2.75) is 56.6 Å². The number of nitrogens with one attached hydrogen (secondary N) is 1. The standard InChI is InChI=1S/C27H36N4O4/c28-22-9-8-20(17-22)25(32)31-16-3-5-21(18-31)27(35,12-4-13-30-26(33)34)24-7-2-1-6-23(24)19-10-14-29-15-11-19/h1-2,6-7,10-11,14-15,20-22,30,35H,3-5,8-9,12-13,16-18,28H2,(H,33,34). The SMILES string of the molecule is NC1CCC(C(=O)N2CCCC(C(O)(CCCNC(=O)O)c3ccccc3-c3ccncc3)C2)C1. The molecule has 4 atom stereocenters. The van der Waals surface area contributed by atoms with E-state index in [1.54, 1.807) is 12.4 Å². The van der Waals surface area contributed by atoms with Crippen molar-refractivity contribution in [2.75, 3.05) is 19.6 Å². The molecule has 8 heteroatoms. The summed E-state index contributed by atoms with van der Waals surface area (Å²) in [5, 5.41) is 23.8. The van der Waals surface area contributed by atoms with Gasteiger partial charge in [-0.25, -0.2) is 4.79 Å². The number of aliphatic hydroxyl groups is 1. The van der Waals surface area contributed by atoms with Crippen molar-refractivity contribution >= 4 is 12.0 Å². The van der Waals surface area contributed by atoms with E-state index in [-0.39, 0.29) is 30.3 Å². The molecular formula is C27H36N4O4. The van der Waals surface area contributed by atoms with Crippen LogP contribution >= 0.6 is 0 Å². The van der Waals surface area contributed by atoms with E-state index >= 15 is 0 Å². The third-order valence-corrected chi connectivity index (χ3v) is 7.63. The number of carboxylic acid groups (broad SMARTS) is 1. The van der Waals surface area contributed by atoms with Gasteiger partial charge in [-0.05, 0) is 73.8 Å². The summed E-state index contributed by atoms with van der Waals surface area (Å²) in [6.07, 6.45) is 7.32. The van der Waals surface area contributed by atoms with Crippen molar-refractivity contribution in [2.24, 2.45) is 17.6 Å². The van der Waals surface area contributed by atoms with Crippen molar-refractivity contribution in [1.82, 2.24) is 15.2 Å². The first-order valence-corrected chi connectivity index (χ1v) is 12.6. The van der Waals surface area contributed by atoms with Crippen LogP contribution in [-0.4, -0.2) is 57.8 Å². The van der Waals surface area contributed by atoms with Crippen molar-refractivity contribution in [1.29, 1.82) is 0 Å². The fraction of sp³-hybridized carbons (Fsp3) is 0.519. The van der Waals surface area contributed by atoms with E-state index in [9.17, 15) is 14.7 Å². The largest absolute Gasteiger partial charge is 0.465 e. The molecule has 35 heavy (non-hydrogen) atoms. The van der Waals surface area contributed by atoms with Gasteiger partial charge in [0.2, 0.25) is 5.91 Å². The number of rotatable bonds is 8. The maximum Gasteiger partial charge on any atom is 0.404 e. The summed E-state index contributed by atoms with van der Waals surface area (Å²) in [5.41, 5.74) is 7.54. The Morgan fingerprint density at radius 3 is 2.63 bits per heavy atom. The molecular weight excluding hydrogens is 444 g/mol. The third-order valence-electron chi connectivity index (χ3n) is 7.63. The number of aromatic nitrogens is 1. The van der Waals surface area contributed by atoms with Gasteiger partial charge in [-0.15, -0.1) is 0 Å². The van der Waals surface area contributed by atoms with Gasteiger partial charge < -0.3 is 26.2 Å². The zero-order valence-electron chi connectivity index (χ0n) is 20.1. The average Bonchev–Trinajstić information content (AvgIpc) is 3.32. The van der Waals surface area contributed by atoms with Crippen LogP contribution in [0.3, 0.4) is 0 Å². The lowest BCUT2D eigenvalue weighted by atomic mass is 9.72. The molecule has 2 aliphatic rings. The summed E-state index contributed by atoms with van der Waals surface area (Å²) in [4.78, 5) is 30.3. The van der Waals surface area contributed by atoms with Gasteiger partial charge in [0.25, 0.3) is 0 Å². The summed E-state index contributed by atoms with van der Waals surface area (Å²) in [6.45, 7) is 1.44. The molecule has 2 heterocycles. The van der Waals surface area contributed by atoms with Gasteiger partial charge in [-0.1, -0.05) is 24.3 Å². The number of carbonyl (C=O) groups is 2. The molecule has 1 aliphatic carbocycles. The van der Waals surface area contributed by atoms with Crippen LogP contribution in [0.15, 0.2) is 48.8 Å². The number of hydrogen-bond donors (Lipinski definition) is 4. The molecule has 1 aromatic carbocycles. The molecule has 1 saturated carbocycles. The van der Waals surface area contributed by atoms with Gasteiger partial charge in [0.1, 0.15) is 0 Å². The summed E-state index contributed by atoms with van der Waals surface area (Å²) in [7, 11) is 0. The predicted octanol–water partition coefficient (Wildman–Crippen LogP) is 3.35. The highest BCUT2D eigenvalue weighted by atomic mass is 16.4. The second-order valence-electron chi connectivity index (χ2n) is 9.93. The van der Waals surface area contributed by atoms with E-state index in [0.29, 0.717) is 25.9 Å². The Labute approximate surface area is 206 Å². The maximum atomic E-state index is 13.3. The number of likely N-dealkylation sites (tertiary alicyclic amines) is 1. The molecule has 0 bridgehead atoms. The Balaban J connectivity index is 1.63. The average molecular weight is 481 g/mol. The van der Waals surface area contributed by atoms with Crippen molar-refractivity contribution < 1.29 is 19.8 Å². The number of nitrogens with zero attached hydrogens (tertiary/aromatic N) is 2. The third kappa shape index (κ3) is 5.82. The molecule has 2 aromatic rings. The van der Waals surface area contributed by atoms with Crippen LogP contribution in [0.4, 0.5) is 4.79 Å². The van der Waals surface area contributed by atoms with Gasteiger partial charge in [-0.2, -0.15) is 0 Å². The van der Waals surface area contributed by atoms with Gasteiger partial charge >= 0.3 is 6.09 Å². The van der Waals surface area contributed by atoms with Crippen molar-refractivity contribution in [3.63, 3.8) is 0 Å². The molecule has 4 unspecified atom stereocenters. The van der Waals surface area contributed by atoms with Crippen LogP contribution in [0.5, 0.6) is 0 Å². The van der Waals surface area contributed by atoms with E-state index in [0.717, 1.165) is 48.8 Å². The van der Waals surface area contributed by atoms with Crippen LogP contribution in [0.2, 0.25) is 0 Å². The predicted molar refractivity (Wildman–Crippen MR) is 133 cm³/mol. The zero-order chi connectivity index (χ0) is 24.8. The van der Waals surface area contributed by atoms with Crippen LogP contribution in [0, 0.1) is 11.8 Å². The zero-order valence-corrected chi connectivity index (χ0v) is 20.1. The first kappa shape index (κ1) is 25.1. The minimum Gasteiger partial charge on any atom is -0.465 e. The molecule has 1 saturated heterocycles. The Hall–Kier alpha value is -2.97. The number of piperidine rings is 1. The van der Waals surface area contributed by atoms with Crippen LogP contribution in [0.25, 0.3) is 11.1 Å². The van der Waals surface area contributed by atoms with E-state index in [1.165, 1.54) is 0 Å². The molecule has 0 radical (unpaired) electrons. The van der Waals surface area contributed by atoms with Gasteiger partial charge in [0.05, 0.1) is 5.60 Å². The molecule has 2 amide bonds. The number of amides is 2. The molecule has 0 spiro atoms. The Bertz CT molecular complexity index is 1020. The summed E-state index contributed by atoms with van der Waals surface area (Å²) in [5.74, 6) is -0.0382. The highest BCUT2D eigenvalue weighted by Gasteiger charge is 2.43. The lowest BCUT2D eigenvalue weighted by molar-refractivity contribution is -0.140. The second kappa shape index (κ2) is 11.2. The lowest BCUT2D eigenvalue weighted by Gasteiger charge is -2.44. The molecule has 2 fully saturated rings. The van der Waals surface area contributed by atoms with Gasteiger partial charge in [0, 0.05) is 49.9 Å². The Kier molecular flexibility index (Phi) is 8.03. The van der Waals surface area contributed by atoms with Crippen LogP contribution in [-0.2, 0) is 10.4 Å². The van der Waals surface area contributed by atoms with Gasteiger partial charge in [-0.3, -0.25) is 9.78 Å². The van der Waals surface area contributed by atoms with Crippen molar-refractivity contribution in [3.8, 4) is 11.1 Å². The highest BCUT2D eigenvalue weighted by Crippen LogP contribution is 2.43. The quantitative estimate of drug-likeness (QED) is 0.429. The fourth-order valence-corrected chi connectivity index (χ4v) is 5.82. The summed E-state index contributed by atoms with van der Waals surface area (Å²) in [6, 6.07) is 11.8. The Morgan fingerprint density at radius 2 is 1.91 bits per heavy atom. The minimum absolute atomic E-state index is 0.0271. The van der Waals surface area contributed by atoms with E-state index in [1.807, 2.05) is 41.3 Å². The first-order valence-electron chi connectivity index (χ1n) is 12.6. The number of hydrogen-bond acceptors (Lipinski definition) is 5. The normalized spacial score (nSPS) is 24.1. The number of benzene rings is 1. The maximum absolute atomic E-state index is 13.3. The highest BCUT2D eigenvalue weighted by molar-refractivity contribution is 5.79. The smallest absolute Gasteiger partial charge is 0.404 e. The van der Waals surface area contributed by atoms with Crippen molar-refractivity contribution in [3.05, 3.63) is 54.4 Å². The minimum atomic E-state index is -1.22. The summed E-state index contributed by atoms with van der Waals surface area (Å²) < 4.78 is 0. The monoisotopic (exact) mass is 480 g/mol.